The first kappa shape index (κ1) is 20.3. The van der Waals surface area contributed by atoms with Crippen LogP contribution in [0.1, 0.15) is 64.4 Å². The minimum absolute atomic E-state index is 0.163. The fourth-order valence-corrected chi connectivity index (χ4v) is 2.45. The van der Waals surface area contributed by atoms with Crippen LogP contribution in [-0.2, 0) is 11.2 Å². The molecule has 0 aromatic heterocycles. The van der Waals surface area contributed by atoms with Gasteiger partial charge in [0.25, 0.3) is 0 Å². The summed E-state index contributed by atoms with van der Waals surface area (Å²) in [5, 5.41) is 2.98. The van der Waals surface area contributed by atoms with Gasteiger partial charge in [0, 0.05) is 13.0 Å². The molecule has 0 fully saturated rings. The molecule has 0 radical (unpaired) electrons. The molecule has 134 valence electrons. The van der Waals surface area contributed by atoms with Gasteiger partial charge in [-0.15, -0.1) is 0 Å². The summed E-state index contributed by atoms with van der Waals surface area (Å²) >= 11 is 0. The van der Waals surface area contributed by atoms with Crippen molar-refractivity contribution in [1.29, 1.82) is 0 Å². The van der Waals surface area contributed by atoms with Crippen molar-refractivity contribution in [3.05, 3.63) is 42.0 Å². The van der Waals surface area contributed by atoms with E-state index < -0.39 is 0 Å². The van der Waals surface area contributed by atoms with Gasteiger partial charge in [0.05, 0.1) is 6.61 Å². The van der Waals surface area contributed by atoms with E-state index in [9.17, 15) is 4.79 Å². The van der Waals surface area contributed by atoms with Gasteiger partial charge in [0.2, 0.25) is 5.91 Å². The maximum Gasteiger partial charge on any atom is 0.219 e. The third-order valence-corrected chi connectivity index (χ3v) is 3.87. The van der Waals surface area contributed by atoms with Crippen LogP contribution in [0.15, 0.2) is 36.4 Å². The maximum absolute atomic E-state index is 11.7. The standard InChI is InChI=1S/C21H33NO2/c1-3-5-7-13-19-14-8-9-15-20(19)24-18-12-10-16-21(23)22-17-11-6-4-2/h5,7-9,14-15H,3-4,6,10-13,16-18H2,1-2H3,(H,22,23)/b7-5+. The Kier molecular flexibility index (Phi) is 11.5. The Labute approximate surface area is 147 Å². The quantitative estimate of drug-likeness (QED) is 0.406. The highest BCUT2D eigenvalue weighted by Gasteiger charge is 2.03. The number of carbonyl (C=O) groups excluding carboxylic acids is 1. The Morgan fingerprint density at radius 3 is 2.71 bits per heavy atom. The summed E-state index contributed by atoms with van der Waals surface area (Å²) in [6, 6.07) is 8.19. The zero-order chi connectivity index (χ0) is 17.5. The Balaban J connectivity index is 2.19. The summed E-state index contributed by atoms with van der Waals surface area (Å²) in [4.78, 5) is 11.7. The van der Waals surface area contributed by atoms with Crippen LogP contribution in [0.5, 0.6) is 5.75 Å². The number of hydrogen-bond acceptors (Lipinski definition) is 2. The highest BCUT2D eigenvalue weighted by molar-refractivity contribution is 5.75. The van der Waals surface area contributed by atoms with Crippen LogP contribution in [0.4, 0.5) is 0 Å². The summed E-state index contributed by atoms with van der Waals surface area (Å²) in [7, 11) is 0. The van der Waals surface area contributed by atoms with Gasteiger partial charge >= 0.3 is 0 Å². The van der Waals surface area contributed by atoms with E-state index in [2.05, 4.69) is 37.4 Å². The SMILES string of the molecule is CC/C=C/Cc1ccccc1OCCCCC(=O)NCCCCC. The van der Waals surface area contributed by atoms with Gasteiger partial charge in [-0.3, -0.25) is 4.79 Å². The molecule has 1 N–H and O–H groups in total. The second-order valence-electron chi connectivity index (χ2n) is 6.05. The summed E-state index contributed by atoms with van der Waals surface area (Å²) < 4.78 is 5.90. The normalized spacial score (nSPS) is 10.9. The van der Waals surface area contributed by atoms with Crippen LogP contribution in [0.25, 0.3) is 0 Å². The summed E-state index contributed by atoms with van der Waals surface area (Å²) in [5.41, 5.74) is 1.22. The van der Waals surface area contributed by atoms with E-state index in [-0.39, 0.29) is 5.91 Å². The van der Waals surface area contributed by atoms with Crippen LogP contribution in [0, 0.1) is 0 Å². The molecular formula is C21H33NO2. The van der Waals surface area contributed by atoms with E-state index in [0.29, 0.717) is 13.0 Å². The molecule has 1 aromatic rings. The molecule has 1 aromatic carbocycles. The number of nitrogens with one attached hydrogen (secondary N) is 1. The van der Waals surface area contributed by atoms with Crippen molar-refractivity contribution in [1.82, 2.24) is 5.32 Å². The zero-order valence-electron chi connectivity index (χ0n) is 15.4. The molecule has 0 spiro atoms. The lowest BCUT2D eigenvalue weighted by molar-refractivity contribution is -0.121. The minimum Gasteiger partial charge on any atom is -0.493 e. The Bertz CT molecular complexity index is 482. The van der Waals surface area contributed by atoms with E-state index >= 15 is 0 Å². The van der Waals surface area contributed by atoms with E-state index in [1.807, 2.05) is 18.2 Å². The number of amides is 1. The van der Waals surface area contributed by atoms with E-state index in [1.165, 1.54) is 18.4 Å². The molecule has 0 aliphatic heterocycles. The molecule has 1 amide bonds. The molecule has 0 aliphatic carbocycles. The van der Waals surface area contributed by atoms with E-state index in [0.717, 1.165) is 44.4 Å². The number of rotatable bonds is 13. The second-order valence-corrected chi connectivity index (χ2v) is 6.05. The third kappa shape index (κ3) is 9.39. The first-order valence-electron chi connectivity index (χ1n) is 9.40. The lowest BCUT2D eigenvalue weighted by Crippen LogP contribution is -2.24. The average Bonchev–Trinajstić information content (AvgIpc) is 2.60. The van der Waals surface area contributed by atoms with Gasteiger partial charge in [-0.1, -0.05) is 57.0 Å². The fourth-order valence-electron chi connectivity index (χ4n) is 2.45. The molecule has 0 heterocycles. The smallest absolute Gasteiger partial charge is 0.219 e. The molecule has 3 heteroatoms. The van der Waals surface area contributed by atoms with Crippen LogP contribution in [0.3, 0.4) is 0 Å². The lowest BCUT2D eigenvalue weighted by Gasteiger charge is -2.10. The highest BCUT2D eigenvalue weighted by atomic mass is 16.5. The van der Waals surface area contributed by atoms with Crippen LogP contribution in [0.2, 0.25) is 0 Å². The van der Waals surface area contributed by atoms with Gasteiger partial charge in [-0.05, 0) is 43.7 Å². The van der Waals surface area contributed by atoms with Crippen LogP contribution in [-0.4, -0.2) is 19.1 Å². The first-order valence-corrected chi connectivity index (χ1v) is 9.40. The van der Waals surface area contributed by atoms with Gasteiger partial charge in [-0.2, -0.15) is 0 Å². The first-order chi connectivity index (χ1) is 11.8. The van der Waals surface area contributed by atoms with Crippen molar-refractivity contribution >= 4 is 5.91 Å². The molecule has 0 aliphatic rings. The maximum atomic E-state index is 11.7. The topological polar surface area (TPSA) is 38.3 Å². The van der Waals surface area contributed by atoms with Gasteiger partial charge in [0.1, 0.15) is 5.75 Å². The zero-order valence-corrected chi connectivity index (χ0v) is 15.4. The number of carbonyl (C=O) groups is 1. The molecule has 0 atom stereocenters. The van der Waals surface area contributed by atoms with Gasteiger partial charge in [-0.25, -0.2) is 0 Å². The largest absolute Gasteiger partial charge is 0.493 e. The van der Waals surface area contributed by atoms with Gasteiger partial charge in [0.15, 0.2) is 0 Å². The number of unbranched alkanes of at least 4 members (excludes halogenated alkanes) is 3. The van der Waals surface area contributed by atoms with Gasteiger partial charge < -0.3 is 10.1 Å². The number of allylic oxidation sites excluding steroid dienone is 2. The molecule has 0 unspecified atom stereocenters. The third-order valence-electron chi connectivity index (χ3n) is 3.87. The van der Waals surface area contributed by atoms with Crippen LogP contribution < -0.4 is 10.1 Å². The number of benzene rings is 1. The molecule has 24 heavy (non-hydrogen) atoms. The molecule has 0 saturated heterocycles. The Hall–Kier alpha value is -1.77. The molecule has 0 saturated carbocycles. The molecule has 3 nitrogen and oxygen atoms in total. The number of para-hydroxylation sites is 1. The van der Waals surface area contributed by atoms with Crippen molar-refractivity contribution in [2.45, 2.75) is 65.2 Å². The molecule has 1 rings (SSSR count). The van der Waals surface area contributed by atoms with E-state index in [4.69, 9.17) is 4.74 Å². The highest BCUT2D eigenvalue weighted by Crippen LogP contribution is 2.19. The van der Waals surface area contributed by atoms with Crippen molar-refractivity contribution in [3.8, 4) is 5.75 Å². The summed E-state index contributed by atoms with van der Waals surface area (Å²) in [6.45, 7) is 5.78. The predicted molar refractivity (Wildman–Crippen MR) is 101 cm³/mol. The summed E-state index contributed by atoms with van der Waals surface area (Å²) in [6.07, 6.45) is 12.1. The van der Waals surface area contributed by atoms with E-state index in [1.54, 1.807) is 0 Å². The monoisotopic (exact) mass is 331 g/mol. The second kappa shape index (κ2) is 13.6. The number of hydrogen-bond donors (Lipinski definition) is 1. The lowest BCUT2D eigenvalue weighted by atomic mass is 10.1. The summed E-state index contributed by atoms with van der Waals surface area (Å²) in [5.74, 6) is 1.12. The Morgan fingerprint density at radius 1 is 1.08 bits per heavy atom. The fraction of sp³-hybridized carbons (Fsp3) is 0.571. The number of ether oxygens (including phenoxy) is 1. The Morgan fingerprint density at radius 2 is 1.92 bits per heavy atom. The predicted octanol–water partition coefficient (Wildman–Crippen LogP) is 5.05. The molecule has 0 bridgehead atoms. The minimum atomic E-state index is 0.163. The van der Waals surface area contributed by atoms with Crippen molar-refractivity contribution in [3.63, 3.8) is 0 Å². The average molecular weight is 332 g/mol. The van der Waals surface area contributed by atoms with Crippen molar-refractivity contribution in [2.24, 2.45) is 0 Å². The van der Waals surface area contributed by atoms with Crippen molar-refractivity contribution in [2.75, 3.05) is 13.2 Å². The van der Waals surface area contributed by atoms with Crippen LogP contribution >= 0.6 is 0 Å². The molecular weight excluding hydrogens is 298 g/mol. The van der Waals surface area contributed by atoms with Crippen molar-refractivity contribution < 1.29 is 9.53 Å².